The molecule has 0 saturated heterocycles. The summed E-state index contributed by atoms with van der Waals surface area (Å²) in [6, 6.07) is 1.68. The average Bonchev–Trinajstić information content (AvgIpc) is 2.81. The monoisotopic (exact) mass is 252 g/mol. The van der Waals surface area contributed by atoms with Gasteiger partial charge in [-0.2, -0.15) is 0 Å². The quantitative estimate of drug-likeness (QED) is 0.829. The molecule has 1 aromatic rings. The Labute approximate surface area is 107 Å². The predicted molar refractivity (Wildman–Crippen MR) is 68.2 cm³/mol. The first kappa shape index (κ1) is 12.4. The molecule has 0 unspecified atom stereocenters. The molecule has 1 amide bonds. The third kappa shape index (κ3) is 2.97. The van der Waals surface area contributed by atoms with E-state index in [1.54, 1.807) is 17.2 Å². The van der Waals surface area contributed by atoms with Crippen molar-refractivity contribution in [3.63, 3.8) is 0 Å². The maximum Gasteiger partial charge on any atom is 0.255 e. The Morgan fingerprint density at radius 1 is 1.53 bits per heavy atom. The van der Waals surface area contributed by atoms with Crippen LogP contribution in [-0.4, -0.2) is 29.4 Å². The highest BCUT2D eigenvalue weighted by Crippen LogP contribution is 2.26. The van der Waals surface area contributed by atoms with Crippen LogP contribution < -0.4 is 0 Å². The minimum Gasteiger partial charge on any atom is -0.341 e. The summed E-state index contributed by atoms with van der Waals surface area (Å²) in [6.45, 7) is 0.831. The smallest absolute Gasteiger partial charge is 0.255 e. The number of pyridine rings is 1. The topological polar surface area (TPSA) is 33.2 Å². The maximum absolute atomic E-state index is 12.2. The van der Waals surface area contributed by atoms with E-state index in [4.69, 9.17) is 11.6 Å². The van der Waals surface area contributed by atoms with Crippen molar-refractivity contribution in [3.05, 3.63) is 29.0 Å². The van der Waals surface area contributed by atoms with Gasteiger partial charge in [0.25, 0.3) is 5.91 Å². The van der Waals surface area contributed by atoms with Gasteiger partial charge >= 0.3 is 0 Å². The first-order valence-electron chi connectivity index (χ1n) is 6.03. The lowest BCUT2D eigenvalue weighted by atomic mass is 10.1. The van der Waals surface area contributed by atoms with Crippen LogP contribution in [0.4, 0.5) is 0 Å². The Hall–Kier alpha value is -1.09. The van der Waals surface area contributed by atoms with Crippen LogP contribution in [0.2, 0.25) is 5.02 Å². The molecule has 0 spiro atoms. The molecule has 1 aliphatic carbocycles. The van der Waals surface area contributed by atoms with Crippen LogP contribution in [0.15, 0.2) is 18.5 Å². The molecule has 3 nitrogen and oxygen atoms in total. The lowest BCUT2D eigenvalue weighted by Crippen LogP contribution is -2.31. The molecule has 0 aromatic carbocycles. The predicted octanol–water partition coefficient (Wildman–Crippen LogP) is 3.00. The number of nitrogens with zero attached hydrogens (tertiary/aromatic N) is 2. The molecule has 1 heterocycles. The van der Waals surface area contributed by atoms with E-state index >= 15 is 0 Å². The fourth-order valence-corrected chi connectivity index (χ4v) is 2.62. The van der Waals surface area contributed by atoms with Crippen molar-refractivity contribution in [1.29, 1.82) is 0 Å². The second kappa shape index (κ2) is 5.50. The highest BCUT2D eigenvalue weighted by molar-refractivity contribution is 6.33. The molecule has 0 radical (unpaired) electrons. The minimum atomic E-state index is -0.00991. The van der Waals surface area contributed by atoms with Crippen LogP contribution in [0, 0.1) is 5.92 Å². The zero-order valence-electron chi connectivity index (χ0n) is 10.0. The second-order valence-electron chi connectivity index (χ2n) is 4.69. The first-order valence-corrected chi connectivity index (χ1v) is 6.41. The third-order valence-electron chi connectivity index (χ3n) is 3.36. The number of hydrogen-bond donors (Lipinski definition) is 0. The van der Waals surface area contributed by atoms with Gasteiger partial charge in [-0.05, 0) is 24.8 Å². The highest BCUT2D eigenvalue weighted by Gasteiger charge is 2.21. The zero-order valence-corrected chi connectivity index (χ0v) is 10.8. The van der Waals surface area contributed by atoms with Crippen LogP contribution in [-0.2, 0) is 0 Å². The number of hydrogen-bond acceptors (Lipinski definition) is 2. The lowest BCUT2D eigenvalue weighted by molar-refractivity contribution is 0.0773. The number of carbonyl (C=O) groups excluding carboxylic acids is 1. The Balaban J connectivity index is 2.01. The molecule has 0 aliphatic heterocycles. The Morgan fingerprint density at radius 2 is 2.24 bits per heavy atom. The van der Waals surface area contributed by atoms with Gasteiger partial charge in [-0.15, -0.1) is 0 Å². The van der Waals surface area contributed by atoms with E-state index in [2.05, 4.69) is 4.98 Å². The number of halogens is 1. The SMILES string of the molecule is CN(CC1CCCC1)C(=O)c1ccncc1Cl. The van der Waals surface area contributed by atoms with Crippen LogP contribution in [0.3, 0.4) is 0 Å². The largest absolute Gasteiger partial charge is 0.341 e. The van der Waals surface area contributed by atoms with E-state index in [1.165, 1.54) is 31.9 Å². The average molecular weight is 253 g/mol. The summed E-state index contributed by atoms with van der Waals surface area (Å²) in [5.41, 5.74) is 0.544. The van der Waals surface area contributed by atoms with Gasteiger partial charge in [-0.3, -0.25) is 9.78 Å². The molecular formula is C13H17ClN2O. The third-order valence-corrected chi connectivity index (χ3v) is 3.66. The van der Waals surface area contributed by atoms with E-state index in [1.807, 2.05) is 7.05 Å². The van der Waals surface area contributed by atoms with Crippen molar-refractivity contribution >= 4 is 17.5 Å². The van der Waals surface area contributed by atoms with Crippen molar-refractivity contribution in [3.8, 4) is 0 Å². The molecular weight excluding hydrogens is 236 g/mol. The van der Waals surface area contributed by atoms with Gasteiger partial charge in [0.2, 0.25) is 0 Å². The fourth-order valence-electron chi connectivity index (χ4n) is 2.42. The summed E-state index contributed by atoms with van der Waals surface area (Å²) in [6.07, 6.45) is 8.18. The highest BCUT2D eigenvalue weighted by atomic mass is 35.5. The van der Waals surface area contributed by atoms with Gasteiger partial charge < -0.3 is 4.90 Å². The zero-order chi connectivity index (χ0) is 12.3. The van der Waals surface area contributed by atoms with E-state index in [0.717, 1.165) is 6.54 Å². The van der Waals surface area contributed by atoms with Gasteiger partial charge in [0, 0.05) is 26.0 Å². The lowest BCUT2D eigenvalue weighted by Gasteiger charge is -2.21. The minimum absolute atomic E-state index is 0.00991. The summed E-state index contributed by atoms with van der Waals surface area (Å²) in [5.74, 6) is 0.647. The molecule has 17 heavy (non-hydrogen) atoms. The second-order valence-corrected chi connectivity index (χ2v) is 5.10. The molecule has 0 atom stereocenters. The summed E-state index contributed by atoms with van der Waals surface area (Å²) in [5, 5.41) is 0.427. The fraction of sp³-hybridized carbons (Fsp3) is 0.538. The summed E-state index contributed by atoms with van der Waals surface area (Å²) in [7, 11) is 1.84. The summed E-state index contributed by atoms with van der Waals surface area (Å²) >= 11 is 5.97. The van der Waals surface area contributed by atoms with Crippen molar-refractivity contribution in [2.45, 2.75) is 25.7 Å². The summed E-state index contributed by atoms with van der Waals surface area (Å²) in [4.78, 5) is 17.8. The number of aromatic nitrogens is 1. The van der Waals surface area contributed by atoms with E-state index in [9.17, 15) is 4.79 Å². The Bertz CT molecular complexity index is 402. The van der Waals surface area contributed by atoms with Gasteiger partial charge in [-0.1, -0.05) is 24.4 Å². The molecule has 1 aliphatic rings. The number of carbonyl (C=O) groups is 1. The van der Waals surface area contributed by atoms with Crippen LogP contribution in [0.1, 0.15) is 36.0 Å². The van der Waals surface area contributed by atoms with Gasteiger partial charge in [0.15, 0.2) is 0 Å². The first-order chi connectivity index (χ1) is 8.18. The summed E-state index contributed by atoms with van der Waals surface area (Å²) < 4.78 is 0. The van der Waals surface area contributed by atoms with Gasteiger partial charge in [0.1, 0.15) is 0 Å². The van der Waals surface area contributed by atoms with Crippen LogP contribution in [0.25, 0.3) is 0 Å². The van der Waals surface area contributed by atoms with E-state index in [-0.39, 0.29) is 5.91 Å². The Morgan fingerprint density at radius 3 is 2.88 bits per heavy atom. The molecule has 1 aromatic heterocycles. The van der Waals surface area contributed by atoms with Crippen molar-refractivity contribution in [2.75, 3.05) is 13.6 Å². The molecule has 1 saturated carbocycles. The van der Waals surface area contributed by atoms with Crippen molar-refractivity contribution in [2.24, 2.45) is 5.92 Å². The van der Waals surface area contributed by atoms with Gasteiger partial charge in [-0.25, -0.2) is 0 Å². The normalized spacial score (nSPS) is 16.1. The van der Waals surface area contributed by atoms with E-state index in [0.29, 0.717) is 16.5 Å². The molecule has 92 valence electrons. The van der Waals surface area contributed by atoms with Crippen molar-refractivity contribution in [1.82, 2.24) is 9.88 Å². The molecule has 2 rings (SSSR count). The standard InChI is InChI=1S/C13H17ClN2O/c1-16(9-10-4-2-3-5-10)13(17)11-6-7-15-8-12(11)14/h6-8,10H,2-5,9H2,1H3. The Kier molecular flexibility index (Phi) is 4.00. The van der Waals surface area contributed by atoms with Crippen LogP contribution in [0.5, 0.6) is 0 Å². The maximum atomic E-state index is 12.2. The van der Waals surface area contributed by atoms with Gasteiger partial charge in [0.05, 0.1) is 10.6 Å². The van der Waals surface area contributed by atoms with E-state index < -0.39 is 0 Å². The van der Waals surface area contributed by atoms with Crippen molar-refractivity contribution < 1.29 is 4.79 Å². The molecule has 0 N–H and O–H groups in total. The number of amides is 1. The molecule has 4 heteroatoms. The van der Waals surface area contributed by atoms with Crippen LogP contribution >= 0.6 is 11.6 Å². The molecule has 0 bridgehead atoms. The molecule has 1 fully saturated rings. The number of rotatable bonds is 3.